The van der Waals surface area contributed by atoms with Crippen LogP contribution in [0.25, 0.3) is 11.1 Å². The Morgan fingerprint density at radius 2 is 2.11 bits per heavy atom. The molecule has 146 valence electrons. The van der Waals surface area contributed by atoms with Crippen LogP contribution in [0.5, 0.6) is 0 Å². The van der Waals surface area contributed by atoms with Crippen LogP contribution in [0.3, 0.4) is 0 Å². The van der Waals surface area contributed by atoms with Gasteiger partial charge >= 0.3 is 5.97 Å². The Bertz CT molecular complexity index is 914. The number of furan rings is 1. The second kappa shape index (κ2) is 7.94. The first-order chi connectivity index (χ1) is 12.9. The molecule has 2 atom stereocenters. The lowest BCUT2D eigenvalue weighted by atomic mass is 9.86. The minimum absolute atomic E-state index is 0.0484. The first-order valence-corrected chi connectivity index (χ1v) is 9.37. The third-order valence-corrected chi connectivity index (χ3v) is 5.11. The van der Waals surface area contributed by atoms with Crippen LogP contribution in [-0.4, -0.2) is 34.1 Å². The molecule has 2 heterocycles. The number of hydrogen-bond acceptors (Lipinski definition) is 6. The molecule has 0 bridgehead atoms. The summed E-state index contributed by atoms with van der Waals surface area (Å²) in [6.45, 7) is 5.42. The lowest BCUT2D eigenvalue weighted by Gasteiger charge is -2.29. The quantitative estimate of drug-likeness (QED) is 0.803. The van der Waals surface area contributed by atoms with E-state index in [4.69, 9.17) is 9.15 Å². The minimum Gasteiger partial charge on any atom is -0.462 e. The van der Waals surface area contributed by atoms with Crippen LogP contribution in [0.4, 0.5) is 0 Å². The highest BCUT2D eigenvalue weighted by Crippen LogP contribution is 2.24. The van der Waals surface area contributed by atoms with Crippen LogP contribution in [0.15, 0.2) is 15.5 Å². The Hall–Kier alpha value is -2.64. The van der Waals surface area contributed by atoms with Crippen molar-refractivity contribution < 1.29 is 18.7 Å². The molecule has 0 saturated heterocycles. The van der Waals surface area contributed by atoms with E-state index < -0.39 is 11.5 Å². The summed E-state index contributed by atoms with van der Waals surface area (Å²) in [5, 5.41) is 3.06. The fourth-order valence-corrected chi connectivity index (χ4v) is 3.64. The number of amides is 1. The van der Waals surface area contributed by atoms with Crippen molar-refractivity contribution in [2.75, 3.05) is 6.61 Å². The molecule has 0 spiro atoms. The van der Waals surface area contributed by atoms with E-state index >= 15 is 0 Å². The number of aryl methyl sites for hydroxylation is 1. The monoisotopic (exact) mass is 375 g/mol. The molecule has 1 N–H and O–H groups in total. The van der Waals surface area contributed by atoms with E-state index in [-0.39, 0.29) is 47.5 Å². The summed E-state index contributed by atoms with van der Waals surface area (Å²) in [5.74, 6) is -0.181. The summed E-state index contributed by atoms with van der Waals surface area (Å²) in [7, 11) is 0. The topological polar surface area (TPSA) is 103 Å². The predicted molar refractivity (Wildman–Crippen MR) is 98.5 cm³/mol. The minimum atomic E-state index is -0.633. The average molecular weight is 375 g/mol. The van der Waals surface area contributed by atoms with E-state index in [1.54, 1.807) is 13.8 Å². The van der Waals surface area contributed by atoms with Gasteiger partial charge in [-0.1, -0.05) is 19.8 Å². The van der Waals surface area contributed by atoms with E-state index in [1.165, 1.54) is 17.3 Å². The molecule has 1 aliphatic carbocycles. The smallest absolute Gasteiger partial charge is 0.342 e. The van der Waals surface area contributed by atoms with Crippen molar-refractivity contribution in [2.24, 2.45) is 5.92 Å². The van der Waals surface area contributed by atoms with Gasteiger partial charge < -0.3 is 14.5 Å². The van der Waals surface area contributed by atoms with E-state index in [2.05, 4.69) is 17.2 Å². The summed E-state index contributed by atoms with van der Waals surface area (Å²) < 4.78 is 11.6. The third kappa shape index (κ3) is 3.89. The zero-order valence-electron chi connectivity index (χ0n) is 15.9. The number of carbonyl (C=O) groups excluding carboxylic acids is 2. The normalized spacial score (nSPS) is 19.8. The van der Waals surface area contributed by atoms with Gasteiger partial charge in [0.05, 0.1) is 6.61 Å². The van der Waals surface area contributed by atoms with Crippen LogP contribution in [-0.2, 0) is 16.1 Å². The molecular weight excluding hydrogens is 350 g/mol. The third-order valence-electron chi connectivity index (χ3n) is 5.11. The second-order valence-electron chi connectivity index (χ2n) is 7.05. The Labute approximate surface area is 156 Å². The van der Waals surface area contributed by atoms with E-state index in [0.717, 1.165) is 19.3 Å². The van der Waals surface area contributed by atoms with Gasteiger partial charge in [0.2, 0.25) is 11.6 Å². The van der Waals surface area contributed by atoms with Crippen LogP contribution < -0.4 is 10.9 Å². The lowest BCUT2D eigenvalue weighted by Crippen LogP contribution is -2.43. The molecule has 0 radical (unpaired) electrons. The van der Waals surface area contributed by atoms with Gasteiger partial charge in [0.25, 0.3) is 5.56 Å². The Balaban J connectivity index is 1.86. The second-order valence-corrected chi connectivity index (χ2v) is 7.05. The van der Waals surface area contributed by atoms with Crippen molar-refractivity contribution in [1.29, 1.82) is 0 Å². The number of nitrogens with one attached hydrogen (secondary N) is 1. The summed E-state index contributed by atoms with van der Waals surface area (Å²) in [5.41, 5.74) is -0.357. The van der Waals surface area contributed by atoms with Gasteiger partial charge in [-0.25, -0.2) is 9.78 Å². The molecule has 0 aromatic carbocycles. The van der Waals surface area contributed by atoms with Gasteiger partial charge in [0.15, 0.2) is 0 Å². The van der Waals surface area contributed by atoms with Crippen LogP contribution in [0.1, 0.15) is 55.6 Å². The maximum Gasteiger partial charge on any atom is 0.342 e. The van der Waals surface area contributed by atoms with Crippen molar-refractivity contribution in [2.45, 2.75) is 59.0 Å². The number of nitrogens with zero attached hydrogens (tertiary/aromatic N) is 2. The number of carbonyl (C=O) groups is 2. The van der Waals surface area contributed by atoms with Gasteiger partial charge in [0, 0.05) is 6.04 Å². The maximum absolute atomic E-state index is 12.8. The number of esters is 1. The molecule has 0 aliphatic heterocycles. The molecule has 27 heavy (non-hydrogen) atoms. The molecule has 2 aromatic rings. The maximum atomic E-state index is 12.8. The standard InChI is InChI=1S/C19H25N3O5/c1-4-26-19(25)15-12(3)27-17-16(15)18(24)22(10-20-17)9-14(23)21-13-8-6-5-7-11(13)2/h10-11,13H,4-9H2,1-3H3,(H,21,23)/t11-,13+/m0/s1. The molecule has 1 saturated carbocycles. The lowest BCUT2D eigenvalue weighted by molar-refractivity contribution is -0.123. The predicted octanol–water partition coefficient (Wildman–Crippen LogP) is 2.17. The Morgan fingerprint density at radius 1 is 1.37 bits per heavy atom. The fraction of sp³-hybridized carbons (Fsp3) is 0.579. The first-order valence-electron chi connectivity index (χ1n) is 9.37. The largest absolute Gasteiger partial charge is 0.462 e. The molecule has 8 nitrogen and oxygen atoms in total. The fourth-order valence-electron chi connectivity index (χ4n) is 3.64. The highest BCUT2D eigenvalue weighted by Gasteiger charge is 2.25. The summed E-state index contributed by atoms with van der Waals surface area (Å²) in [4.78, 5) is 41.5. The van der Waals surface area contributed by atoms with Crippen molar-refractivity contribution in [3.8, 4) is 0 Å². The van der Waals surface area contributed by atoms with Gasteiger partial charge in [-0.2, -0.15) is 0 Å². The average Bonchev–Trinajstić information content (AvgIpc) is 2.96. The van der Waals surface area contributed by atoms with Crippen molar-refractivity contribution in [3.63, 3.8) is 0 Å². The summed E-state index contributed by atoms with van der Waals surface area (Å²) in [6, 6.07) is 0.130. The molecular formula is C19H25N3O5. The van der Waals surface area contributed by atoms with E-state index in [1.807, 2.05) is 0 Å². The van der Waals surface area contributed by atoms with Gasteiger partial charge in [0.1, 0.15) is 29.6 Å². The van der Waals surface area contributed by atoms with Crippen LogP contribution >= 0.6 is 0 Å². The Morgan fingerprint density at radius 3 is 2.81 bits per heavy atom. The van der Waals surface area contributed by atoms with Crippen LogP contribution in [0.2, 0.25) is 0 Å². The molecule has 8 heteroatoms. The van der Waals surface area contributed by atoms with E-state index in [9.17, 15) is 14.4 Å². The molecule has 1 amide bonds. The van der Waals surface area contributed by atoms with Gasteiger partial charge in [-0.15, -0.1) is 0 Å². The highest BCUT2D eigenvalue weighted by atomic mass is 16.5. The SMILES string of the molecule is CCOC(=O)c1c(C)oc2ncn(CC(=O)N[C@@H]3CCCC[C@@H]3C)c(=O)c12. The van der Waals surface area contributed by atoms with Crippen molar-refractivity contribution in [3.05, 3.63) is 28.0 Å². The molecule has 1 aliphatic rings. The van der Waals surface area contributed by atoms with Crippen LogP contribution in [0, 0.1) is 12.8 Å². The number of hydrogen-bond donors (Lipinski definition) is 1. The van der Waals surface area contributed by atoms with Crippen molar-refractivity contribution >= 4 is 23.0 Å². The zero-order valence-corrected chi connectivity index (χ0v) is 15.9. The number of aromatic nitrogens is 2. The zero-order chi connectivity index (χ0) is 19.6. The summed E-state index contributed by atoms with van der Waals surface area (Å²) in [6.07, 6.45) is 5.60. The highest BCUT2D eigenvalue weighted by molar-refractivity contribution is 6.03. The number of rotatable bonds is 5. The van der Waals surface area contributed by atoms with E-state index in [0.29, 0.717) is 5.92 Å². The van der Waals surface area contributed by atoms with Gasteiger partial charge in [-0.05, 0) is 32.6 Å². The van der Waals surface area contributed by atoms with Crippen molar-refractivity contribution in [1.82, 2.24) is 14.9 Å². The summed E-state index contributed by atoms with van der Waals surface area (Å²) >= 11 is 0. The molecule has 1 fully saturated rings. The first kappa shape index (κ1) is 19.1. The number of ether oxygens (including phenoxy) is 1. The molecule has 3 rings (SSSR count). The Kier molecular flexibility index (Phi) is 5.62. The molecule has 2 aromatic heterocycles. The number of fused-ring (bicyclic) bond motifs is 1. The van der Waals surface area contributed by atoms with Gasteiger partial charge in [-0.3, -0.25) is 14.2 Å². The molecule has 0 unspecified atom stereocenters.